The van der Waals surface area contributed by atoms with E-state index in [1.54, 1.807) is 11.1 Å². The molecular formula is C16H23N. The third-order valence-corrected chi connectivity index (χ3v) is 4.72. The summed E-state index contributed by atoms with van der Waals surface area (Å²) < 4.78 is 0. The Kier molecular flexibility index (Phi) is 3.19. The molecule has 0 aromatic heterocycles. The van der Waals surface area contributed by atoms with Crippen molar-refractivity contribution in [2.75, 3.05) is 13.6 Å². The van der Waals surface area contributed by atoms with Crippen LogP contribution in [0.15, 0.2) is 24.3 Å². The van der Waals surface area contributed by atoms with E-state index in [-0.39, 0.29) is 0 Å². The highest BCUT2D eigenvalue weighted by molar-refractivity contribution is 5.31. The van der Waals surface area contributed by atoms with E-state index >= 15 is 0 Å². The standard InChI is InChI=1S/C16H23N/c1-17-10-9-16(17)8-4-5-13-11-14-6-2-3-7-15(14)12-13/h2-3,6-7,13,16H,4-5,8-12H2,1H3. The van der Waals surface area contributed by atoms with Gasteiger partial charge in [0.05, 0.1) is 0 Å². The van der Waals surface area contributed by atoms with Crippen LogP contribution in [0, 0.1) is 5.92 Å². The lowest BCUT2D eigenvalue weighted by molar-refractivity contribution is 0.114. The van der Waals surface area contributed by atoms with Crippen molar-refractivity contribution in [3.8, 4) is 0 Å². The Morgan fingerprint density at radius 3 is 2.35 bits per heavy atom. The summed E-state index contributed by atoms with van der Waals surface area (Å²) in [5.74, 6) is 0.929. The Morgan fingerprint density at radius 2 is 1.82 bits per heavy atom. The zero-order chi connectivity index (χ0) is 11.7. The summed E-state index contributed by atoms with van der Waals surface area (Å²) in [5.41, 5.74) is 3.22. The van der Waals surface area contributed by atoms with Gasteiger partial charge in [-0.25, -0.2) is 0 Å². The second kappa shape index (κ2) is 4.81. The number of hydrogen-bond acceptors (Lipinski definition) is 1. The lowest BCUT2D eigenvalue weighted by Crippen LogP contribution is -2.44. The van der Waals surface area contributed by atoms with Gasteiger partial charge in [0.1, 0.15) is 0 Å². The predicted molar refractivity (Wildman–Crippen MR) is 72.2 cm³/mol. The molecule has 1 fully saturated rings. The van der Waals surface area contributed by atoms with Gasteiger partial charge in [-0.2, -0.15) is 0 Å². The van der Waals surface area contributed by atoms with E-state index in [9.17, 15) is 0 Å². The highest BCUT2D eigenvalue weighted by Gasteiger charge is 2.25. The third kappa shape index (κ3) is 2.40. The van der Waals surface area contributed by atoms with Crippen LogP contribution in [0.5, 0.6) is 0 Å². The van der Waals surface area contributed by atoms with Crippen LogP contribution in [0.2, 0.25) is 0 Å². The highest BCUT2D eigenvalue weighted by Crippen LogP contribution is 2.30. The maximum absolute atomic E-state index is 2.50. The Morgan fingerprint density at radius 1 is 1.12 bits per heavy atom. The molecule has 1 heteroatoms. The predicted octanol–water partition coefficient (Wildman–Crippen LogP) is 3.28. The van der Waals surface area contributed by atoms with Gasteiger partial charge in [0.2, 0.25) is 0 Å². The average molecular weight is 229 g/mol. The lowest BCUT2D eigenvalue weighted by atomic mass is 9.93. The van der Waals surface area contributed by atoms with Gasteiger partial charge in [-0.05, 0) is 62.7 Å². The monoisotopic (exact) mass is 229 g/mol. The molecule has 1 heterocycles. The number of nitrogens with zero attached hydrogens (tertiary/aromatic N) is 1. The molecule has 1 saturated heterocycles. The summed E-state index contributed by atoms with van der Waals surface area (Å²) >= 11 is 0. The molecular weight excluding hydrogens is 206 g/mol. The number of likely N-dealkylation sites (tertiary alicyclic amines) is 1. The molecule has 3 rings (SSSR count). The van der Waals surface area contributed by atoms with Crippen LogP contribution >= 0.6 is 0 Å². The van der Waals surface area contributed by atoms with Gasteiger partial charge in [0.15, 0.2) is 0 Å². The molecule has 1 aromatic carbocycles. The molecule has 0 saturated carbocycles. The zero-order valence-electron chi connectivity index (χ0n) is 10.9. The number of benzene rings is 1. The fourth-order valence-corrected chi connectivity index (χ4v) is 3.43. The van der Waals surface area contributed by atoms with E-state index in [0.717, 1.165) is 12.0 Å². The van der Waals surface area contributed by atoms with Crippen molar-refractivity contribution in [2.45, 2.75) is 44.6 Å². The number of rotatable bonds is 4. The molecule has 2 aliphatic rings. The molecule has 0 amide bonds. The fourth-order valence-electron chi connectivity index (χ4n) is 3.43. The molecule has 1 atom stereocenters. The maximum Gasteiger partial charge on any atom is 0.0104 e. The molecule has 92 valence electrons. The smallest absolute Gasteiger partial charge is 0.0104 e. The minimum atomic E-state index is 0.902. The molecule has 0 N–H and O–H groups in total. The van der Waals surface area contributed by atoms with Crippen molar-refractivity contribution in [2.24, 2.45) is 5.92 Å². The van der Waals surface area contributed by atoms with E-state index in [2.05, 4.69) is 36.2 Å². The first kappa shape index (κ1) is 11.3. The van der Waals surface area contributed by atoms with Gasteiger partial charge < -0.3 is 4.90 Å². The molecule has 1 aromatic rings. The van der Waals surface area contributed by atoms with Gasteiger partial charge in [-0.1, -0.05) is 30.7 Å². The molecule has 17 heavy (non-hydrogen) atoms. The zero-order valence-corrected chi connectivity index (χ0v) is 10.9. The minimum absolute atomic E-state index is 0.902. The normalized spacial score (nSPS) is 24.6. The molecule has 1 unspecified atom stereocenters. The first-order chi connectivity index (χ1) is 8.33. The summed E-state index contributed by atoms with van der Waals surface area (Å²) in [7, 11) is 2.26. The lowest BCUT2D eigenvalue weighted by Gasteiger charge is -2.38. The topological polar surface area (TPSA) is 3.24 Å². The van der Waals surface area contributed by atoms with E-state index in [0.29, 0.717) is 0 Å². The van der Waals surface area contributed by atoms with Crippen LogP contribution in [0.4, 0.5) is 0 Å². The van der Waals surface area contributed by atoms with Crippen molar-refractivity contribution < 1.29 is 0 Å². The van der Waals surface area contributed by atoms with Crippen LogP contribution < -0.4 is 0 Å². The molecule has 0 spiro atoms. The Bertz CT molecular complexity index is 360. The summed E-state index contributed by atoms with van der Waals surface area (Å²) in [6.07, 6.45) is 8.37. The second-order valence-electron chi connectivity index (χ2n) is 5.90. The molecule has 1 aliphatic carbocycles. The van der Waals surface area contributed by atoms with E-state index in [1.807, 2.05) is 0 Å². The summed E-state index contributed by atoms with van der Waals surface area (Å²) in [6.45, 7) is 1.32. The molecule has 1 aliphatic heterocycles. The van der Waals surface area contributed by atoms with Crippen molar-refractivity contribution >= 4 is 0 Å². The van der Waals surface area contributed by atoms with E-state index < -0.39 is 0 Å². The largest absolute Gasteiger partial charge is 0.303 e. The molecule has 0 radical (unpaired) electrons. The van der Waals surface area contributed by atoms with Crippen molar-refractivity contribution in [3.05, 3.63) is 35.4 Å². The Hall–Kier alpha value is -0.820. The van der Waals surface area contributed by atoms with Gasteiger partial charge >= 0.3 is 0 Å². The molecule has 1 nitrogen and oxygen atoms in total. The Labute approximate surface area is 105 Å². The van der Waals surface area contributed by atoms with Gasteiger partial charge in [-0.3, -0.25) is 0 Å². The van der Waals surface area contributed by atoms with E-state index in [4.69, 9.17) is 0 Å². The van der Waals surface area contributed by atoms with Crippen molar-refractivity contribution in [1.29, 1.82) is 0 Å². The maximum atomic E-state index is 2.50. The van der Waals surface area contributed by atoms with Crippen molar-refractivity contribution in [1.82, 2.24) is 4.90 Å². The number of fused-ring (bicyclic) bond motifs is 1. The minimum Gasteiger partial charge on any atom is -0.303 e. The summed E-state index contributed by atoms with van der Waals surface area (Å²) in [6, 6.07) is 9.90. The van der Waals surface area contributed by atoms with Crippen LogP contribution in [0.1, 0.15) is 36.8 Å². The number of hydrogen-bond donors (Lipinski definition) is 0. The van der Waals surface area contributed by atoms with E-state index in [1.165, 1.54) is 45.1 Å². The summed E-state index contributed by atoms with van der Waals surface area (Å²) in [4.78, 5) is 2.50. The highest BCUT2D eigenvalue weighted by atomic mass is 15.2. The van der Waals surface area contributed by atoms with Crippen LogP contribution in [-0.2, 0) is 12.8 Å². The first-order valence-corrected chi connectivity index (χ1v) is 7.10. The average Bonchev–Trinajstić information content (AvgIpc) is 2.75. The Balaban J connectivity index is 1.43. The van der Waals surface area contributed by atoms with Crippen LogP contribution in [0.25, 0.3) is 0 Å². The van der Waals surface area contributed by atoms with Crippen LogP contribution in [-0.4, -0.2) is 24.5 Å². The van der Waals surface area contributed by atoms with Crippen LogP contribution in [0.3, 0.4) is 0 Å². The van der Waals surface area contributed by atoms with Gasteiger partial charge in [-0.15, -0.1) is 0 Å². The van der Waals surface area contributed by atoms with Gasteiger partial charge in [0.25, 0.3) is 0 Å². The van der Waals surface area contributed by atoms with Crippen molar-refractivity contribution in [3.63, 3.8) is 0 Å². The first-order valence-electron chi connectivity index (χ1n) is 7.10. The SMILES string of the molecule is CN1CCC1CCCC1Cc2ccccc2C1. The fraction of sp³-hybridized carbons (Fsp3) is 0.625. The van der Waals surface area contributed by atoms with Gasteiger partial charge in [0, 0.05) is 6.04 Å². The quantitative estimate of drug-likeness (QED) is 0.766. The third-order valence-electron chi connectivity index (χ3n) is 4.72. The summed E-state index contributed by atoms with van der Waals surface area (Å²) in [5, 5.41) is 0. The molecule has 0 bridgehead atoms. The second-order valence-corrected chi connectivity index (χ2v) is 5.90.